The van der Waals surface area contributed by atoms with Gasteiger partial charge < -0.3 is 9.84 Å². The van der Waals surface area contributed by atoms with Crippen molar-refractivity contribution in [3.63, 3.8) is 0 Å². The molecule has 4 atom stereocenters. The van der Waals surface area contributed by atoms with Gasteiger partial charge in [0.25, 0.3) is 0 Å². The van der Waals surface area contributed by atoms with E-state index in [1.807, 2.05) is 0 Å². The molecular formula is C15H24O2. The summed E-state index contributed by atoms with van der Waals surface area (Å²) in [5.74, 6) is 1.49. The van der Waals surface area contributed by atoms with E-state index in [1.54, 1.807) is 0 Å². The van der Waals surface area contributed by atoms with Crippen LogP contribution >= 0.6 is 0 Å². The summed E-state index contributed by atoms with van der Waals surface area (Å²) in [5.41, 5.74) is 1.71. The molecule has 0 bridgehead atoms. The third kappa shape index (κ3) is 1.68. The molecule has 0 aromatic rings. The van der Waals surface area contributed by atoms with Crippen LogP contribution in [0.25, 0.3) is 0 Å². The first-order valence-corrected chi connectivity index (χ1v) is 6.95. The minimum Gasteiger partial charge on any atom is -0.393 e. The Kier molecular flexibility index (Phi) is 2.47. The van der Waals surface area contributed by atoms with E-state index in [9.17, 15) is 5.11 Å². The molecule has 3 rings (SSSR count). The number of allylic oxidation sites excluding steroid dienone is 1. The van der Waals surface area contributed by atoms with Crippen LogP contribution in [0.2, 0.25) is 0 Å². The molecule has 0 spiro atoms. The smallest absolute Gasteiger partial charge is 0.118 e. The molecule has 3 aliphatic rings. The monoisotopic (exact) mass is 236 g/mol. The molecule has 3 fully saturated rings. The van der Waals surface area contributed by atoms with Gasteiger partial charge in [-0.25, -0.2) is 0 Å². The first-order chi connectivity index (χ1) is 7.98. The summed E-state index contributed by atoms with van der Waals surface area (Å²) in [6, 6.07) is 0. The van der Waals surface area contributed by atoms with E-state index < -0.39 is 0 Å². The average Bonchev–Trinajstić information content (AvgIpc) is 2.96. The Morgan fingerprint density at radius 1 is 1.41 bits per heavy atom. The summed E-state index contributed by atoms with van der Waals surface area (Å²) in [4.78, 5) is 0. The molecule has 1 N–H and O–H groups in total. The maximum Gasteiger partial charge on any atom is 0.118 e. The van der Waals surface area contributed by atoms with Gasteiger partial charge in [-0.05, 0) is 49.4 Å². The fourth-order valence-corrected chi connectivity index (χ4v) is 4.18. The van der Waals surface area contributed by atoms with Gasteiger partial charge in [-0.15, -0.1) is 0 Å². The van der Waals surface area contributed by atoms with Crippen LogP contribution in [-0.4, -0.2) is 23.4 Å². The summed E-state index contributed by atoms with van der Waals surface area (Å²) >= 11 is 0. The minimum atomic E-state index is -0.180. The second-order valence-corrected chi connectivity index (χ2v) is 6.97. The number of epoxide rings is 1. The van der Waals surface area contributed by atoms with Crippen molar-refractivity contribution in [2.75, 3.05) is 6.61 Å². The van der Waals surface area contributed by atoms with Gasteiger partial charge in [0, 0.05) is 0 Å². The van der Waals surface area contributed by atoms with Gasteiger partial charge in [-0.2, -0.15) is 0 Å². The van der Waals surface area contributed by atoms with Gasteiger partial charge >= 0.3 is 0 Å². The molecule has 2 heteroatoms. The van der Waals surface area contributed by atoms with Gasteiger partial charge in [0.1, 0.15) is 5.60 Å². The van der Waals surface area contributed by atoms with Gasteiger partial charge in [-0.3, -0.25) is 0 Å². The molecule has 1 saturated heterocycles. The lowest BCUT2D eigenvalue weighted by atomic mass is 9.52. The molecule has 0 unspecified atom stereocenters. The number of hydrogen-bond acceptors (Lipinski definition) is 2. The summed E-state index contributed by atoms with van der Waals surface area (Å²) in [6.07, 6.45) is 5.96. The maximum atomic E-state index is 9.52. The van der Waals surface area contributed by atoms with Crippen LogP contribution in [0.15, 0.2) is 12.2 Å². The molecule has 96 valence electrons. The molecular weight excluding hydrogens is 212 g/mol. The number of hydrogen-bond donors (Lipinski definition) is 1. The molecule has 0 amide bonds. The van der Waals surface area contributed by atoms with Crippen molar-refractivity contribution < 1.29 is 9.84 Å². The number of rotatable bonds is 1. The molecule has 1 aliphatic heterocycles. The zero-order valence-corrected chi connectivity index (χ0v) is 11.0. The van der Waals surface area contributed by atoms with Gasteiger partial charge in [-0.1, -0.05) is 26.0 Å². The molecule has 0 radical (unpaired) electrons. The molecule has 0 aromatic heterocycles. The van der Waals surface area contributed by atoms with Crippen molar-refractivity contribution in [1.29, 1.82) is 0 Å². The number of ether oxygens (including phenoxy) is 1. The fourth-order valence-electron chi connectivity index (χ4n) is 4.18. The first kappa shape index (κ1) is 11.7. The molecule has 2 nitrogen and oxygen atoms in total. The van der Waals surface area contributed by atoms with Crippen molar-refractivity contribution in [3.8, 4) is 0 Å². The summed E-state index contributed by atoms with van der Waals surface area (Å²) in [6.45, 7) is 9.23. The van der Waals surface area contributed by atoms with E-state index >= 15 is 0 Å². The van der Waals surface area contributed by atoms with Crippen molar-refractivity contribution in [3.05, 3.63) is 12.2 Å². The highest BCUT2D eigenvalue weighted by atomic mass is 16.6. The topological polar surface area (TPSA) is 32.8 Å². The van der Waals surface area contributed by atoms with E-state index in [-0.39, 0.29) is 12.2 Å². The second-order valence-electron chi connectivity index (χ2n) is 6.97. The molecule has 1 heterocycles. The molecule has 2 aliphatic carbocycles. The summed E-state index contributed by atoms with van der Waals surface area (Å²) in [5, 5.41) is 9.52. The van der Waals surface area contributed by atoms with Crippen LogP contribution in [-0.2, 0) is 4.74 Å². The molecule has 17 heavy (non-hydrogen) atoms. The van der Waals surface area contributed by atoms with Crippen molar-refractivity contribution >= 4 is 0 Å². The van der Waals surface area contributed by atoms with Crippen molar-refractivity contribution in [1.82, 2.24) is 0 Å². The highest BCUT2D eigenvalue weighted by molar-refractivity contribution is 5.16. The van der Waals surface area contributed by atoms with Crippen molar-refractivity contribution in [2.24, 2.45) is 17.3 Å². The third-order valence-electron chi connectivity index (χ3n) is 5.54. The van der Waals surface area contributed by atoms with Crippen molar-refractivity contribution in [2.45, 2.75) is 57.7 Å². The highest BCUT2D eigenvalue weighted by Gasteiger charge is 2.58. The van der Waals surface area contributed by atoms with Gasteiger partial charge in [0.05, 0.1) is 12.7 Å². The minimum absolute atomic E-state index is 0.180. The second kappa shape index (κ2) is 3.58. The maximum absolute atomic E-state index is 9.52. The summed E-state index contributed by atoms with van der Waals surface area (Å²) < 4.78 is 5.76. The van der Waals surface area contributed by atoms with E-state index in [4.69, 9.17) is 4.74 Å². The van der Waals surface area contributed by atoms with Crippen LogP contribution < -0.4 is 0 Å². The largest absolute Gasteiger partial charge is 0.393 e. The number of fused-ring (bicyclic) bond motifs is 2. The lowest BCUT2D eigenvalue weighted by Crippen LogP contribution is -2.45. The van der Waals surface area contributed by atoms with Crippen LogP contribution in [0.3, 0.4) is 0 Å². The predicted octanol–water partition coefficient (Wildman–Crippen LogP) is 2.91. The lowest BCUT2D eigenvalue weighted by molar-refractivity contribution is -0.00507. The molecule has 2 saturated carbocycles. The average molecular weight is 236 g/mol. The van der Waals surface area contributed by atoms with Crippen LogP contribution in [0, 0.1) is 17.3 Å². The quantitative estimate of drug-likeness (QED) is 0.561. The van der Waals surface area contributed by atoms with E-state index in [1.165, 1.54) is 18.4 Å². The Labute approximate surface area is 104 Å². The molecule has 0 aromatic carbocycles. The standard InChI is InChI=1S/C15H24O2/c1-10-4-5-13-15(9-16,17-13)7-6-12-11(10)8-14(12,2)3/h11-13,16H,1,4-9H2,2-3H3/t11-,12-,13-,15-/m0/s1. The van der Waals surface area contributed by atoms with E-state index in [0.717, 1.165) is 31.1 Å². The fraction of sp³-hybridized carbons (Fsp3) is 0.867. The van der Waals surface area contributed by atoms with E-state index in [2.05, 4.69) is 20.4 Å². The van der Waals surface area contributed by atoms with Crippen LogP contribution in [0.5, 0.6) is 0 Å². The van der Waals surface area contributed by atoms with Gasteiger partial charge in [0.2, 0.25) is 0 Å². The van der Waals surface area contributed by atoms with E-state index in [0.29, 0.717) is 11.5 Å². The number of aliphatic hydroxyl groups is 1. The Bertz CT molecular complexity index is 347. The zero-order chi connectivity index (χ0) is 12.3. The Hall–Kier alpha value is -0.340. The third-order valence-corrected chi connectivity index (χ3v) is 5.54. The highest BCUT2D eigenvalue weighted by Crippen LogP contribution is 2.59. The number of aliphatic hydroxyl groups excluding tert-OH is 1. The normalized spacial score (nSPS) is 47.9. The SMILES string of the molecule is C=C1CC[C@@H]2O[C@]2(CO)CC[C@H]2[C@H]1CC2(C)C. The van der Waals surface area contributed by atoms with Gasteiger partial charge in [0.15, 0.2) is 0 Å². The Balaban J connectivity index is 1.77. The predicted molar refractivity (Wildman–Crippen MR) is 67.7 cm³/mol. The van der Waals surface area contributed by atoms with Crippen LogP contribution in [0.1, 0.15) is 46.0 Å². The Morgan fingerprint density at radius 3 is 2.82 bits per heavy atom. The summed E-state index contributed by atoms with van der Waals surface area (Å²) in [7, 11) is 0. The van der Waals surface area contributed by atoms with Crippen LogP contribution in [0.4, 0.5) is 0 Å². The lowest BCUT2D eigenvalue weighted by Gasteiger charge is -2.53. The first-order valence-electron chi connectivity index (χ1n) is 6.95. The Morgan fingerprint density at radius 2 is 2.18 bits per heavy atom. The zero-order valence-electron chi connectivity index (χ0n) is 11.0.